The first kappa shape index (κ1) is 19.8. The molecule has 3 aromatic rings. The van der Waals surface area contributed by atoms with Crippen LogP contribution in [0.4, 0.5) is 5.82 Å². The van der Waals surface area contributed by atoms with Gasteiger partial charge in [0.2, 0.25) is 0 Å². The molecule has 0 bridgehead atoms. The van der Waals surface area contributed by atoms with E-state index in [1.54, 1.807) is 24.5 Å². The van der Waals surface area contributed by atoms with Gasteiger partial charge in [0.25, 0.3) is 5.91 Å². The van der Waals surface area contributed by atoms with E-state index in [1.807, 2.05) is 16.7 Å². The molecule has 1 aliphatic heterocycles. The number of aromatic nitrogens is 3. The summed E-state index contributed by atoms with van der Waals surface area (Å²) in [5, 5.41) is 16.8. The maximum atomic E-state index is 12.3. The molecule has 1 aromatic carbocycles. The number of carbonyl (C=O) groups is 1. The van der Waals surface area contributed by atoms with Crippen molar-refractivity contribution in [1.29, 1.82) is 0 Å². The molecule has 1 aliphatic carbocycles. The number of phenols is 1. The highest BCUT2D eigenvalue weighted by atomic mass is 16.3. The second-order valence-corrected chi connectivity index (χ2v) is 8.42. The molecule has 2 aromatic heterocycles. The summed E-state index contributed by atoms with van der Waals surface area (Å²) < 4.78 is 1.95. The first-order valence-corrected chi connectivity index (χ1v) is 11.1. The third-order valence-corrected chi connectivity index (χ3v) is 6.02. The Balaban J connectivity index is 1.30. The molecule has 3 heterocycles. The first-order valence-electron chi connectivity index (χ1n) is 11.1. The molecule has 162 valence electrons. The quantitative estimate of drug-likeness (QED) is 0.485. The van der Waals surface area contributed by atoms with Gasteiger partial charge in [0.15, 0.2) is 11.5 Å². The zero-order valence-electron chi connectivity index (χ0n) is 17.5. The van der Waals surface area contributed by atoms with Crippen molar-refractivity contribution in [3.05, 3.63) is 42.4 Å². The van der Waals surface area contributed by atoms with Crippen LogP contribution in [0.15, 0.2) is 36.8 Å². The van der Waals surface area contributed by atoms with Crippen molar-refractivity contribution in [1.82, 2.24) is 24.6 Å². The van der Waals surface area contributed by atoms with Gasteiger partial charge < -0.3 is 20.6 Å². The summed E-state index contributed by atoms with van der Waals surface area (Å²) in [7, 11) is 0. The highest BCUT2D eigenvalue weighted by Crippen LogP contribution is 2.29. The van der Waals surface area contributed by atoms with Crippen LogP contribution in [0.2, 0.25) is 0 Å². The number of rotatable bonds is 8. The minimum absolute atomic E-state index is 0.0279. The van der Waals surface area contributed by atoms with Crippen LogP contribution in [0.25, 0.3) is 16.9 Å². The summed E-state index contributed by atoms with van der Waals surface area (Å²) in [5.41, 5.74) is 2.67. The van der Waals surface area contributed by atoms with Gasteiger partial charge in [0.1, 0.15) is 5.75 Å². The van der Waals surface area contributed by atoms with Crippen LogP contribution in [0.3, 0.4) is 0 Å². The Hall–Kier alpha value is -3.13. The summed E-state index contributed by atoms with van der Waals surface area (Å²) in [4.78, 5) is 23.8. The Kier molecular flexibility index (Phi) is 5.46. The molecule has 5 rings (SSSR count). The topological polar surface area (TPSA) is 94.8 Å². The molecule has 1 saturated heterocycles. The van der Waals surface area contributed by atoms with Gasteiger partial charge in [-0.25, -0.2) is 9.97 Å². The Morgan fingerprint density at radius 1 is 1.19 bits per heavy atom. The van der Waals surface area contributed by atoms with Gasteiger partial charge in [0, 0.05) is 30.5 Å². The summed E-state index contributed by atoms with van der Waals surface area (Å²) >= 11 is 0. The van der Waals surface area contributed by atoms with Gasteiger partial charge in [-0.2, -0.15) is 0 Å². The van der Waals surface area contributed by atoms with Gasteiger partial charge in [-0.1, -0.05) is 6.07 Å². The molecule has 2 fully saturated rings. The molecule has 0 radical (unpaired) electrons. The van der Waals surface area contributed by atoms with Crippen LogP contribution >= 0.6 is 0 Å². The molecule has 8 heteroatoms. The van der Waals surface area contributed by atoms with Gasteiger partial charge >= 0.3 is 0 Å². The van der Waals surface area contributed by atoms with Gasteiger partial charge in [0.05, 0.1) is 17.5 Å². The fraction of sp³-hybridized carbons (Fsp3) is 0.435. The largest absolute Gasteiger partial charge is 0.507 e. The normalized spacial score (nSPS) is 16.6. The van der Waals surface area contributed by atoms with E-state index in [0.29, 0.717) is 5.56 Å². The first-order chi connectivity index (χ1) is 15.2. The molecule has 2 aliphatic rings. The number of aromatic hydroxyl groups is 1. The number of fused-ring (bicyclic) bond motifs is 1. The second-order valence-electron chi connectivity index (χ2n) is 8.42. The van der Waals surface area contributed by atoms with Crippen molar-refractivity contribution in [2.45, 2.75) is 38.1 Å². The van der Waals surface area contributed by atoms with Crippen LogP contribution in [0.1, 0.15) is 42.5 Å². The second kappa shape index (κ2) is 8.55. The molecule has 8 nitrogen and oxygen atoms in total. The molecule has 31 heavy (non-hydrogen) atoms. The predicted octanol–water partition coefficient (Wildman–Crippen LogP) is 2.89. The lowest BCUT2D eigenvalue weighted by Crippen LogP contribution is -2.25. The number of benzene rings is 1. The summed E-state index contributed by atoms with van der Waals surface area (Å²) in [5.74, 6) is 0.494. The van der Waals surface area contributed by atoms with E-state index in [1.165, 1.54) is 25.9 Å². The third kappa shape index (κ3) is 4.34. The Bertz CT molecular complexity index is 1080. The van der Waals surface area contributed by atoms with Crippen molar-refractivity contribution in [3.8, 4) is 17.0 Å². The van der Waals surface area contributed by atoms with Gasteiger partial charge in [-0.15, -0.1) is 0 Å². The molecule has 0 spiro atoms. The fourth-order valence-corrected chi connectivity index (χ4v) is 4.15. The fourth-order valence-electron chi connectivity index (χ4n) is 4.15. The zero-order chi connectivity index (χ0) is 21.2. The number of likely N-dealkylation sites (tertiary alicyclic amines) is 1. The van der Waals surface area contributed by atoms with Crippen molar-refractivity contribution >= 4 is 17.4 Å². The number of nitrogens with one attached hydrogen (secondary N) is 2. The van der Waals surface area contributed by atoms with E-state index in [9.17, 15) is 9.90 Å². The molecular formula is C23H28N6O2. The number of imidazole rings is 1. The lowest BCUT2D eigenvalue weighted by molar-refractivity contribution is 0.0948. The zero-order valence-corrected chi connectivity index (χ0v) is 17.5. The smallest absolute Gasteiger partial charge is 0.255 e. The van der Waals surface area contributed by atoms with Crippen molar-refractivity contribution in [2.75, 3.05) is 31.5 Å². The van der Waals surface area contributed by atoms with Crippen LogP contribution < -0.4 is 10.6 Å². The lowest BCUT2D eigenvalue weighted by atomic mass is 10.1. The highest BCUT2D eigenvalue weighted by Gasteiger charge is 2.25. The van der Waals surface area contributed by atoms with E-state index in [2.05, 4.69) is 25.5 Å². The number of anilines is 1. The number of carbonyl (C=O) groups excluding carboxylic acids is 1. The van der Waals surface area contributed by atoms with E-state index in [0.717, 1.165) is 55.1 Å². The third-order valence-electron chi connectivity index (χ3n) is 6.02. The number of amides is 1. The van der Waals surface area contributed by atoms with E-state index in [-0.39, 0.29) is 17.7 Å². The van der Waals surface area contributed by atoms with Crippen LogP contribution in [-0.4, -0.2) is 62.5 Å². The number of phenolic OH excluding ortho intramolecular Hbond substituents is 1. The average molecular weight is 421 g/mol. The standard InChI is InChI=1S/C23H28N6O2/c30-20-14-16(4-7-18(20)23(31)27-17-5-6-17)19-15-26-22-21(25-9-13-29(19)22)24-8-3-12-28-10-1-2-11-28/h4,7,9,13-15,17,30H,1-3,5-6,8,10-12H2,(H,24,25)(H,27,31). The molecule has 1 amide bonds. The summed E-state index contributed by atoms with van der Waals surface area (Å²) in [6, 6.07) is 5.38. The van der Waals surface area contributed by atoms with E-state index in [4.69, 9.17) is 0 Å². The average Bonchev–Trinajstić information content (AvgIpc) is 3.25. The molecule has 0 atom stereocenters. The van der Waals surface area contributed by atoms with Crippen LogP contribution in [-0.2, 0) is 0 Å². The Morgan fingerprint density at radius 2 is 2.03 bits per heavy atom. The number of hydrogen-bond donors (Lipinski definition) is 3. The number of hydrogen-bond acceptors (Lipinski definition) is 6. The monoisotopic (exact) mass is 420 g/mol. The Labute approximate surface area is 181 Å². The summed E-state index contributed by atoms with van der Waals surface area (Å²) in [6.45, 7) is 4.38. The highest BCUT2D eigenvalue weighted by molar-refractivity contribution is 5.97. The van der Waals surface area contributed by atoms with Gasteiger partial charge in [-0.05, 0) is 63.9 Å². The minimum atomic E-state index is -0.227. The molecule has 0 unspecified atom stereocenters. The summed E-state index contributed by atoms with van der Waals surface area (Å²) in [6.07, 6.45) is 11.1. The van der Waals surface area contributed by atoms with Crippen molar-refractivity contribution in [3.63, 3.8) is 0 Å². The number of nitrogens with zero attached hydrogens (tertiary/aromatic N) is 4. The Morgan fingerprint density at radius 3 is 2.81 bits per heavy atom. The molecular weight excluding hydrogens is 392 g/mol. The van der Waals surface area contributed by atoms with E-state index < -0.39 is 0 Å². The van der Waals surface area contributed by atoms with E-state index >= 15 is 0 Å². The minimum Gasteiger partial charge on any atom is -0.507 e. The van der Waals surface area contributed by atoms with Crippen LogP contribution in [0, 0.1) is 0 Å². The van der Waals surface area contributed by atoms with Crippen molar-refractivity contribution in [2.24, 2.45) is 0 Å². The predicted molar refractivity (Wildman–Crippen MR) is 119 cm³/mol. The van der Waals surface area contributed by atoms with Crippen molar-refractivity contribution < 1.29 is 9.90 Å². The van der Waals surface area contributed by atoms with Gasteiger partial charge in [-0.3, -0.25) is 9.20 Å². The molecule has 3 N–H and O–H groups in total. The van der Waals surface area contributed by atoms with Crippen LogP contribution in [0.5, 0.6) is 5.75 Å². The molecule has 1 saturated carbocycles. The SMILES string of the molecule is O=C(NC1CC1)c1ccc(-c2cnc3c(NCCCN4CCCC4)nccn23)cc1O. The lowest BCUT2D eigenvalue weighted by Gasteiger charge is -2.14. The maximum absolute atomic E-state index is 12.3. The maximum Gasteiger partial charge on any atom is 0.255 e.